The number of nitrogens with one attached hydrogen (secondary N) is 3. The molecular formula is C26H34N4O5. The van der Waals surface area contributed by atoms with Crippen LogP contribution in [0, 0.1) is 5.92 Å². The SMILES string of the molecule is CCOc1cc(C(=O)N[C@H](C(=O)Nc2nc3ccccc3[nH]2)[C@@H](C)CC)cc(OCC)c1OCC. The number of para-hydroxylation sites is 2. The number of amides is 2. The van der Waals surface area contributed by atoms with E-state index in [2.05, 4.69) is 20.6 Å². The van der Waals surface area contributed by atoms with Gasteiger partial charge < -0.3 is 24.5 Å². The van der Waals surface area contributed by atoms with Crippen LogP contribution in [0.2, 0.25) is 0 Å². The maximum atomic E-state index is 13.3. The van der Waals surface area contributed by atoms with E-state index >= 15 is 0 Å². The average molecular weight is 483 g/mol. The predicted molar refractivity (Wildman–Crippen MR) is 135 cm³/mol. The first-order valence-corrected chi connectivity index (χ1v) is 12.0. The van der Waals surface area contributed by atoms with Crippen LogP contribution in [0.15, 0.2) is 36.4 Å². The number of H-pyrrole nitrogens is 1. The number of aromatic amines is 1. The Morgan fingerprint density at radius 3 is 2.17 bits per heavy atom. The van der Waals surface area contributed by atoms with Gasteiger partial charge in [-0.15, -0.1) is 0 Å². The molecule has 2 amide bonds. The highest BCUT2D eigenvalue weighted by Crippen LogP contribution is 2.39. The summed E-state index contributed by atoms with van der Waals surface area (Å²) in [6, 6.07) is 9.93. The van der Waals surface area contributed by atoms with Crippen LogP contribution in [-0.2, 0) is 4.79 Å². The van der Waals surface area contributed by atoms with Gasteiger partial charge in [0.2, 0.25) is 17.6 Å². The first-order chi connectivity index (χ1) is 16.9. The van der Waals surface area contributed by atoms with E-state index in [-0.39, 0.29) is 11.8 Å². The number of anilines is 1. The standard InChI is InChI=1S/C26H34N4O5/c1-6-16(5)22(25(32)30-26-27-18-12-10-11-13-19(18)28-26)29-24(31)17-14-20(33-7-2)23(35-9-4)21(15-17)34-8-3/h10-16,22H,6-9H2,1-5H3,(H,29,31)(H2,27,28,30,32)/t16-,22-/m0/s1. The molecule has 0 bridgehead atoms. The van der Waals surface area contributed by atoms with Gasteiger partial charge in [0.25, 0.3) is 5.91 Å². The van der Waals surface area contributed by atoms with E-state index < -0.39 is 11.9 Å². The number of carbonyl (C=O) groups is 2. The summed E-state index contributed by atoms with van der Waals surface area (Å²) in [7, 11) is 0. The van der Waals surface area contributed by atoms with E-state index in [1.54, 1.807) is 12.1 Å². The van der Waals surface area contributed by atoms with Gasteiger partial charge in [0.1, 0.15) is 6.04 Å². The quantitative estimate of drug-likeness (QED) is 0.349. The van der Waals surface area contributed by atoms with Crippen LogP contribution >= 0.6 is 0 Å². The highest BCUT2D eigenvalue weighted by Gasteiger charge is 2.28. The Morgan fingerprint density at radius 2 is 1.60 bits per heavy atom. The Kier molecular flexibility index (Phi) is 8.94. The molecule has 1 heterocycles. The number of fused-ring (bicyclic) bond motifs is 1. The third-order valence-corrected chi connectivity index (χ3v) is 5.58. The molecule has 188 valence electrons. The van der Waals surface area contributed by atoms with Gasteiger partial charge in [-0.3, -0.25) is 14.9 Å². The Hall–Kier alpha value is -3.75. The van der Waals surface area contributed by atoms with Crippen molar-refractivity contribution in [2.24, 2.45) is 5.92 Å². The van der Waals surface area contributed by atoms with Crippen LogP contribution in [0.25, 0.3) is 11.0 Å². The molecule has 0 aliphatic carbocycles. The lowest BCUT2D eigenvalue weighted by Crippen LogP contribution is -2.47. The minimum Gasteiger partial charge on any atom is -0.490 e. The smallest absolute Gasteiger partial charge is 0.252 e. The zero-order valence-corrected chi connectivity index (χ0v) is 20.9. The summed E-state index contributed by atoms with van der Waals surface area (Å²) >= 11 is 0. The Bertz CT molecular complexity index is 1100. The fourth-order valence-corrected chi connectivity index (χ4v) is 3.65. The van der Waals surface area contributed by atoms with Crippen LogP contribution < -0.4 is 24.8 Å². The number of hydrogen-bond donors (Lipinski definition) is 3. The van der Waals surface area contributed by atoms with E-state index in [9.17, 15) is 9.59 Å². The van der Waals surface area contributed by atoms with E-state index in [0.717, 1.165) is 11.0 Å². The molecule has 35 heavy (non-hydrogen) atoms. The normalized spacial score (nSPS) is 12.6. The van der Waals surface area contributed by atoms with E-state index in [4.69, 9.17) is 14.2 Å². The minimum absolute atomic E-state index is 0.122. The molecule has 3 aromatic rings. The van der Waals surface area contributed by atoms with Crippen LogP contribution in [0.5, 0.6) is 17.2 Å². The molecule has 2 atom stereocenters. The molecule has 0 radical (unpaired) electrons. The Balaban J connectivity index is 1.86. The van der Waals surface area contributed by atoms with Gasteiger partial charge in [-0.1, -0.05) is 32.4 Å². The summed E-state index contributed by atoms with van der Waals surface area (Å²) in [5.41, 5.74) is 1.87. The molecular weight excluding hydrogens is 448 g/mol. The number of carbonyl (C=O) groups excluding carboxylic acids is 2. The topological polar surface area (TPSA) is 115 Å². The second-order valence-corrected chi connectivity index (χ2v) is 8.03. The summed E-state index contributed by atoms with van der Waals surface area (Å²) in [4.78, 5) is 34.0. The van der Waals surface area contributed by atoms with Crippen molar-refractivity contribution in [1.82, 2.24) is 15.3 Å². The van der Waals surface area contributed by atoms with Gasteiger partial charge in [-0.05, 0) is 51.0 Å². The third kappa shape index (κ3) is 6.23. The molecule has 0 fully saturated rings. The molecule has 1 aromatic heterocycles. The van der Waals surface area contributed by atoms with Gasteiger partial charge in [-0.25, -0.2) is 4.98 Å². The maximum absolute atomic E-state index is 13.3. The molecule has 2 aromatic carbocycles. The molecule has 3 rings (SSSR count). The van der Waals surface area contributed by atoms with E-state index in [1.165, 1.54) is 0 Å². The van der Waals surface area contributed by atoms with Crippen molar-refractivity contribution in [3.05, 3.63) is 42.0 Å². The monoisotopic (exact) mass is 482 g/mol. The minimum atomic E-state index is -0.779. The summed E-state index contributed by atoms with van der Waals surface area (Å²) in [5, 5.41) is 5.69. The summed E-state index contributed by atoms with van der Waals surface area (Å²) < 4.78 is 17.2. The van der Waals surface area contributed by atoms with Crippen molar-refractivity contribution < 1.29 is 23.8 Å². The largest absolute Gasteiger partial charge is 0.490 e. The lowest BCUT2D eigenvalue weighted by atomic mass is 9.98. The molecule has 0 aliphatic rings. The first kappa shape index (κ1) is 25.9. The summed E-state index contributed by atoms with van der Waals surface area (Å²) in [6.45, 7) is 10.7. The van der Waals surface area contributed by atoms with Crippen LogP contribution in [0.4, 0.5) is 5.95 Å². The van der Waals surface area contributed by atoms with Gasteiger partial charge in [0.05, 0.1) is 30.9 Å². The highest BCUT2D eigenvalue weighted by molar-refractivity contribution is 6.01. The molecule has 0 saturated carbocycles. The maximum Gasteiger partial charge on any atom is 0.252 e. The first-order valence-electron chi connectivity index (χ1n) is 12.0. The molecule has 0 unspecified atom stereocenters. The second-order valence-electron chi connectivity index (χ2n) is 8.03. The third-order valence-electron chi connectivity index (χ3n) is 5.58. The van der Waals surface area contributed by atoms with Crippen molar-refractivity contribution in [3.8, 4) is 17.2 Å². The number of nitrogens with zero attached hydrogens (tertiary/aromatic N) is 1. The lowest BCUT2D eigenvalue weighted by molar-refractivity contribution is -0.119. The van der Waals surface area contributed by atoms with Crippen molar-refractivity contribution in [2.45, 2.75) is 47.1 Å². The van der Waals surface area contributed by atoms with Crippen molar-refractivity contribution in [2.75, 3.05) is 25.1 Å². The molecule has 9 heteroatoms. The highest BCUT2D eigenvalue weighted by atomic mass is 16.5. The number of benzene rings is 2. The van der Waals surface area contributed by atoms with E-state index in [1.807, 2.05) is 58.9 Å². The molecule has 3 N–H and O–H groups in total. The van der Waals surface area contributed by atoms with E-state index in [0.29, 0.717) is 55.0 Å². The number of rotatable bonds is 12. The number of aromatic nitrogens is 2. The molecule has 0 spiro atoms. The number of hydrogen-bond acceptors (Lipinski definition) is 6. The van der Waals surface area contributed by atoms with Crippen LogP contribution in [-0.4, -0.2) is 47.6 Å². The Labute approximate surface area is 205 Å². The average Bonchev–Trinajstić information content (AvgIpc) is 3.26. The van der Waals surface area contributed by atoms with Crippen LogP contribution in [0.1, 0.15) is 51.4 Å². The van der Waals surface area contributed by atoms with Crippen molar-refractivity contribution in [3.63, 3.8) is 0 Å². The fourth-order valence-electron chi connectivity index (χ4n) is 3.65. The predicted octanol–water partition coefficient (Wildman–Crippen LogP) is 4.54. The van der Waals surface area contributed by atoms with Crippen molar-refractivity contribution >= 4 is 28.8 Å². The zero-order chi connectivity index (χ0) is 25.4. The number of imidazole rings is 1. The molecule has 9 nitrogen and oxygen atoms in total. The van der Waals surface area contributed by atoms with Crippen molar-refractivity contribution in [1.29, 1.82) is 0 Å². The van der Waals surface area contributed by atoms with Gasteiger partial charge in [0.15, 0.2) is 11.5 Å². The Morgan fingerprint density at radius 1 is 0.971 bits per heavy atom. The van der Waals surface area contributed by atoms with Gasteiger partial charge in [0, 0.05) is 5.56 Å². The second kappa shape index (κ2) is 12.1. The van der Waals surface area contributed by atoms with Crippen LogP contribution in [0.3, 0.4) is 0 Å². The molecule has 0 saturated heterocycles. The van der Waals surface area contributed by atoms with Gasteiger partial charge in [-0.2, -0.15) is 0 Å². The fraction of sp³-hybridized carbons (Fsp3) is 0.423. The summed E-state index contributed by atoms with van der Waals surface area (Å²) in [5.74, 6) is 0.719. The molecule has 0 aliphatic heterocycles. The lowest BCUT2D eigenvalue weighted by Gasteiger charge is -2.23. The number of ether oxygens (including phenoxy) is 3. The zero-order valence-electron chi connectivity index (χ0n) is 20.9. The van der Waals surface area contributed by atoms with Gasteiger partial charge >= 0.3 is 0 Å². The summed E-state index contributed by atoms with van der Waals surface area (Å²) in [6.07, 6.45) is 0.691.